The molecule has 142 valence electrons. The van der Waals surface area contributed by atoms with E-state index in [1.54, 1.807) is 25.1 Å². The molecular formula is C21H19ClF3OP. The summed E-state index contributed by atoms with van der Waals surface area (Å²) in [5.41, 5.74) is 1.29. The average Bonchev–Trinajstić information content (AvgIpc) is 2.56. The maximum atomic E-state index is 15.0. The van der Waals surface area contributed by atoms with E-state index in [9.17, 15) is 13.9 Å². The first kappa shape index (κ1) is 20.0. The van der Waals surface area contributed by atoms with Crippen molar-refractivity contribution >= 4 is 31.7 Å². The molecule has 0 bridgehead atoms. The lowest BCUT2D eigenvalue weighted by Gasteiger charge is -2.19. The third-order valence-electron chi connectivity index (χ3n) is 4.80. The van der Waals surface area contributed by atoms with Crippen LogP contribution in [0.15, 0.2) is 41.7 Å². The van der Waals surface area contributed by atoms with E-state index < -0.39 is 17.5 Å². The molecule has 1 atom stereocenters. The van der Waals surface area contributed by atoms with Crippen molar-refractivity contribution in [2.24, 2.45) is 0 Å². The van der Waals surface area contributed by atoms with Crippen LogP contribution in [0.2, 0.25) is 5.02 Å². The number of rotatable bonds is 4. The van der Waals surface area contributed by atoms with Gasteiger partial charge in [-0.15, -0.1) is 9.24 Å². The van der Waals surface area contributed by atoms with Crippen LogP contribution in [0.3, 0.4) is 0 Å². The van der Waals surface area contributed by atoms with E-state index in [1.807, 2.05) is 0 Å². The lowest BCUT2D eigenvalue weighted by molar-refractivity contribution is 0.407. The third-order valence-corrected chi connectivity index (χ3v) is 5.51. The molecule has 2 aromatic rings. The second kappa shape index (κ2) is 8.08. The van der Waals surface area contributed by atoms with Crippen LogP contribution in [0.4, 0.5) is 13.2 Å². The fraction of sp³-hybridized carbons (Fsp3) is 0.238. The van der Waals surface area contributed by atoms with Crippen LogP contribution in [0.1, 0.15) is 42.9 Å². The van der Waals surface area contributed by atoms with Gasteiger partial charge in [0.25, 0.3) is 0 Å². The number of benzene rings is 2. The van der Waals surface area contributed by atoms with Gasteiger partial charge in [0, 0.05) is 16.1 Å². The summed E-state index contributed by atoms with van der Waals surface area (Å²) in [6.07, 6.45) is 3.96. The van der Waals surface area contributed by atoms with E-state index in [1.165, 1.54) is 6.08 Å². The average molecular weight is 411 g/mol. The molecule has 0 spiro atoms. The highest BCUT2D eigenvalue weighted by Gasteiger charge is 2.22. The van der Waals surface area contributed by atoms with E-state index in [4.69, 9.17) is 11.6 Å². The molecule has 1 fully saturated rings. The van der Waals surface area contributed by atoms with Crippen molar-refractivity contribution < 1.29 is 18.3 Å². The SMILES string of the molecule is CCc1c(F)c(F)cc(/C(=C\C(O)=C2CCC2)c2ccc(Cl)cc2P)c1F. The molecule has 0 aromatic heterocycles. The van der Waals surface area contributed by atoms with Crippen molar-refractivity contribution in [3.63, 3.8) is 0 Å². The second-order valence-corrected chi connectivity index (χ2v) is 7.56. The number of allylic oxidation sites excluding steroid dienone is 2. The third kappa shape index (κ3) is 3.93. The Morgan fingerprint density at radius 1 is 1.15 bits per heavy atom. The van der Waals surface area contributed by atoms with Crippen LogP contribution >= 0.6 is 20.8 Å². The largest absolute Gasteiger partial charge is 0.508 e. The van der Waals surface area contributed by atoms with Gasteiger partial charge in [-0.05, 0) is 72.0 Å². The van der Waals surface area contributed by atoms with Gasteiger partial charge in [-0.2, -0.15) is 0 Å². The molecule has 1 saturated carbocycles. The van der Waals surface area contributed by atoms with Gasteiger partial charge in [0.2, 0.25) is 0 Å². The molecular weight excluding hydrogens is 392 g/mol. The molecule has 0 saturated heterocycles. The highest BCUT2D eigenvalue weighted by molar-refractivity contribution is 7.27. The van der Waals surface area contributed by atoms with Crippen molar-refractivity contribution in [1.82, 2.24) is 0 Å². The Balaban J connectivity index is 2.28. The summed E-state index contributed by atoms with van der Waals surface area (Å²) in [6, 6.07) is 5.81. The van der Waals surface area contributed by atoms with Crippen molar-refractivity contribution in [1.29, 1.82) is 0 Å². The Morgan fingerprint density at radius 3 is 2.41 bits per heavy atom. The summed E-state index contributed by atoms with van der Waals surface area (Å²) >= 11 is 6.01. The molecule has 0 radical (unpaired) electrons. The Morgan fingerprint density at radius 2 is 1.85 bits per heavy atom. The van der Waals surface area contributed by atoms with Gasteiger partial charge in [0.15, 0.2) is 11.6 Å². The molecule has 1 nitrogen and oxygen atoms in total. The minimum absolute atomic E-state index is 0.0110. The smallest absolute Gasteiger partial charge is 0.164 e. The van der Waals surface area contributed by atoms with E-state index in [0.717, 1.165) is 30.9 Å². The molecule has 0 aliphatic heterocycles. The quantitative estimate of drug-likeness (QED) is 0.359. The summed E-state index contributed by atoms with van der Waals surface area (Å²) in [4.78, 5) is 0. The zero-order valence-electron chi connectivity index (χ0n) is 14.8. The molecule has 1 aliphatic carbocycles. The zero-order chi connectivity index (χ0) is 19.7. The number of hydrogen-bond acceptors (Lipinski definition) is 1. The van der Waals surface area contributed by atoms with Crippen LogP contribution in [-0.2, 0) is 6.42 Å². The van der Waals surface area contributed by atoms with E-state index in [2.05, 4.69) is 9.24 Å². The monoisotopic (exact) mass is 410 g/mol. The lowest BCUT2D eigenvalue weighted by atomic mass is 9.89. The molecule has 27 heavy (non-hydrogen) atoms. The van der Waals surface area contributed by atoms with Crippen molar-refractivity contribution in [3.8, 4) is 0 Å². The Labute approximate surface area is 163 Å². The molecule has 0 amide bonds. The Kier molecular flexibility index (Phi) is 5.98. The van der Waals surface area contributed by atoms with Crippen LogP contribution in [0.25, 0.3) is 5.57 Å². The van der Waals surface area contributed by atoms with Crippen molar-refractivity contribution in [2.75, 3.05) is 0 Å². The standard InChI is InChI=1S/C21H19ClF3OP/c1-2-13-20(24)16(9-17(23)21(13)25)15(10-18(26)11-4-3-5-11)14-7-6-12(22)8-19(14)27/h6-10,26H,2-5,27H2,1H3/b15-10-. The molecule has 3 rings (SSSR count). The lowest BCUT2D eigenvalue weighted by Crippen LogP contribution is -2.08. The van der Waals surface area contributed by atoms with E-state index in [-0.39, 0.29) is 28.9 Å². The minimum atomic E-state index is -1.18. The number of hydrogen-bond donors (Lipinski definition) is 1. The van der Waals surface area contributed by atoms with Crippen LogP contribution in [0, 0.1) is 17.5 Å². The first-order valence-electron chi connectivity index (χ1n) is 8.68. The van der Waals surface area contributed by atoms with Gasteiger partial charge < -0.3 is 5.11 Å². The van der Waals surface area contributed by atoms with Gasteiger partial charge >= 0.3 is 0 Å². The van der Waals surface area contributed by atoms with Crippen molar-refractivity contribution in [3.05, 3.63) is 80.8 Å². The predicted molar refractivity (Wildman–Crippen MR) is 107 cm³/mol. The Bertz CT molecular complexity index is 960. The molecule has 1 unspecified atom stereocenters. The normalized spacial score (nSPS) is 14.3. The topological polar surface area (TPSA) is 20.2 Å². The number of aliphatic hydroxyl groups excluding tert-OH is 1. The Hall–Kier alpha value is -1.77. The summed E-state index contributed by atoms with van der Waals surface area (Å²) in [7, 11) is 2.50. The van der Waals surface area contributed by atoms with Crippen LogP contribution < -0.4 is 5.30 Å². The van der Waals surface area contributed by atoms with Crippen LogP contribution in [-0.4, -0.2) is 5.11 Å². The molecule has 0 heterocycles. The van der Waals surface area contributed by atoms with Gasteiger partial charge in [0.05, 0.1) is 0 Å². The fourth-order valence-electron chi connectivity index (χ4n) is 3.09. The van der Waals surface area contributed by atoms with Gasteiger partial charge in [-0.1, -0.05) is 24.6 Å². The second-order valence-electron chi connectivity index (χ2n) is 6.50. The minimum Gasteiger partial charge on any atom is -0.508 e. The summed E-state index contributed by atoms with van der Waals surface area (Å²) in [6.45, 7) is 1.56. The van der Waals surface area contributed by atoms with Crippen LogP contribution in [0.5, 0.6) is 0 Å². The maximum Gasteiger partial charge on any atom is 0.164 e. The molecule has 1 N–H and O–H groups in total. The van der Waals surface area contributed by atoms with Gasteiger partial charge in [-0.3, -0.25) is 0 Å². The number of halogens is 4. The van der Waals surface area contributed by atoms with Crippen molar-refractivity contribution in [2.45, 2.75) is 32.6 Å². The van der Waals surface area contributed by atoms with Gasteiger partial charge in [-0.25, -0.2) is 13.2 Å². The fourth-order valence-corrected chi connectivity index (χ4v) is 3.81. The predicted octanol–water partition coefficient (Wildman–Crippen LogP) is 6.25. The summed E-state index contributed by atoms with van der Waals surface area (Å²) in [5.74, 6) is -3.09. The van der Waals surface area contributed by atoms with Gasteiger partial charge in [0.1, 0.15) is 11.6 Å². The molecule has 1 aliphatic rings. The first-order chi connectivity index (χ1) is 12.8. The highest BCUT2D eigenvalue weighted by Crippen LogP contribution is 2.34. The maximum absolute atomic E-state index is 15.0. The first-order valence-corrected chi connectivity index (χ1v) is 9.63. The zero-order valence-corrected chi connectivity index (χ0v) is 16.7. The molecule has 2 aromatic carbocycles. The summed E-state index contributed by atoms with van der Waals surface area (Å²) < 4.78 is 43.2. The highest BCUT2D eigenvalue weighted by atomic mass is 35.5. The summed E-state index contributed by atoms with van der Waals surface area (Å²) in [5, 5.41) is 11.6. The van der Waals surface area contributed by atoms with E-state index in [0.29, 0.717) is 15.9 Å². The molecule has 6 heteroatoms. The van der Waals surface area contributed by atoms with E-state index >= 15 is 4.39 Å². The number of aliphatic hydroxyl groups is 1.